The van der Waals surface area contributed by atoms with Gasteiger partial charge in [0.25, 0.3) is 5.91 Å². The Morgan fingerprint density at radius 1 is 1.53 bits per heavy atom. The predicted octanol–water partition coefficient (Wildman–Crippen LogP) is 0.515. The standard InChI is InChI=1S/C12H14BNO3/c1-2-7-14-12(15)10-5-3-4-9-6-8-17-13(16)11(9)10/h3-6,8,16H,2,7H2,1H3,(H,14,15). The van der Waals surface area contributed by atoms with Crippen molar-refractivity contribution in [3.05, 3.63) is 35.6 Å². The highest BCUT2D eigenvalue weighted by molar-refractivity contribution is 6.63. The van der Waals surface area contributed by atoms with Crippen molar-refractivity contribution in [3.63, 3.8) is 0 Å². The van der Waals surface area contributed by atoms with Gasteiger partial charge in [-0.25, -0.2) is 0 Å². The number of carbonyl (C=O) groups is 1. The maximum Gasteiger partial charge on any atom is 0.561 e. The van der Waals surface area contributed by atoms with Gasteiger partial charge in [0.2, 0.25) is 0 Å². The minimum absolute atomic E-state index is 0.179. The molecule has 1 aromatic rings. The molecule has 0 radical (unpaired) electrons. The highest BCUT2D eigenvalue weighted by Gasteiger charge is 2.28. The quantitative estimate of drug-likeness (QED) is 0.745. The molecule has 1 amide bonds. The monoisotopic (exact) mass is 231 g/mol. The Balaban J connectivity index is 2.35. The molecule has 5 heteroatoms. The first-order valence-corrected chi connectivity index (χ1v) is 5.65. The number of hydrogen-bond acceptors (Lipinski definition) is 3. The van der Waals surface area contributed by atoms with Crippen LogP contribution in [0.3, 0.4) is 0 Å². The van der Waals surface area contributed by atoms with E-state index in [1.165, 1.54) is 6.26 Å². The molecule has 2 rings (SSSR count). The molecule has 17 heavy (non-hydrogen) atoms. The van der Waals surface area contributed by atoms with E-state index in [1.807, 2.05) is 13.0 Å². The zero-order chi connectivity index (χ0) is 12.3. The summed E-state index contributed by atoms with van der Waals surface area (Å²) in [6, 6.07) is 5.33. The van der Waals surface area contributed by atoms with Crippen LogP contribution < -0.4 is 10.8 Å². The highest BCUT2D eigenvalue weighted by atomic mass is 16.5. The number of carbonyl (C=O) groups excluding carboxylic acids is 1. The molecule has 1 aliphatic rings. The van der Waals surface area contributed by atoms with Gasteiger partial charge in [-0.05, 0) is 24.1 Å². The van der Waals surface area contributed by atoms with Crippen molar-refractivity contribution < 1.29 is 14.5 Å². The molecule has 0 aliphatic carbocycles. The molecular formula is C12H14BNO3. The summed E-state index contributed by atoms with van der Waals surface area (Å²) in [6.07, 6.45) is 4.04. The van der Waals surface area contributed by atoms with Crippen LogP contribution in [0.4, 0.5) is 0 Å². The van der Waals surface area contributed by atoms with Gasteiger partial charge in [-0.15, -0.1) is 0 Å². The molecule has 0 spiro atoms. The molecule has 0 saturated carbocycles. The Labute approximate surface area is 100 Å². The summed E-state index contributed by atoms with van der Waals surface area (Å²) in [5.41, 5.74) is 1.81. The third-order valence-electron chi connectivity index (χ3n) is 2.62. The van der Waals surface area contributed by atoms with Gasteiger partial charge in [0, 0.05) is 17.6 Å². The average Bonchev–Trinajstić information content (AvgIpc) is 2.35. The van der Waals surface area contributed by atoms with Gasteiger partial charge in [-0.2, -0.15) is 0 Å². The molecule has 0 unspecified atom stereocenters. The fourth-order valence-electron chi connectivity index (χ4n) is 1.79. The van der Waals surface area contributed by atoms with Crippen LogP contribution in [-0.2, 0) is 4.65 Å². The fraction of sp³-hybridized carbons (Fsp3) is 0.250. The number of fused-ring (bicyclic) bond motifs is 1. The molecule has 0 bridgehead atoms. The molecule has 1 aliphatic heterocycles. The average molecular weight is 231 g/mol. The summed E-state index contributed by atoms with van der Waals surface area (Å²) in [4.78, 5) is 11.9. The van der Waals surface area contributed by atoms with Crippen LogP contribution in [0.15, 0.2) is 24.5 Å². The Bertz CT molecular complexity index is 459. The molecule has 0 saturated heterocycles. The number of benzene rings is 1. The number of amides is 1. The van der Waals surface area contributed by atoms with E-state index < -0.39 is 7.12 Å². The lowest BCUT2D eigenvalue weighted by molar-refractivity contribution is 0.0954. The Morgan fingerprint density at radius 3 is 3.12 bits per heavy atom. The van der Waals surface area contributed by atoms with E-state index in [0.29, 0.717) is 17.6 Å². The van der Waals surface area contributed by atoms with Crippen molar-refractivity contribution in [2.45, 2.75) is 13.3 Å². The SMILES string of the molecule is CCCNC(=O)c1cccc2c1B(O)OC=C2. The second-order valence-corrected chi connectivity index (χ2v) is 3.86. The minimum Gasteiger partial charge on any atom is -0.538 e. The first kappa shape index (κ1) is 11.7. The van der Waals surface area contributed by atoms with Crippen LogP contribution in [0.5, 0.6) is 0 Å². The maximum absolute atomic E-state index is 11.9. The third-order valence-corrected chi connectivity index (χ3v) is 2.62. The lowest BCUT2D eigenvalue weighted by Gasteiger charge is -2.17. The van der Waals surface area contributed by atoms with Crippen molar-refractivity contribution >= 4 is 24.6 Å². The fourth-order valence-corrected chi connectivity index (χ4v) is 1.79. The van der Waals surface area contributed by atoms with Gasteiger partial charge in [0.05, 0.1) is 6.26 Å². The second-order valence-electron chi connectivity index (χ2n) is 3.86. The van der Waals surface area contributed by atoms with Gasteiger partial charge >= 0.3 is 7.12 Å². The molecule has 1 aromatic carbocycles. The van der Waals surface area contributed by atoms with Gasteiger partial charge in [-0.1, -0.05) is 19.1 Å². The van der Waals surface area contributed by atoms with Crippen LogP contribution in [0.1, 0.15) is 29.3 Å². The van der Waals surface area contributed by atoms with E-state index in [2.05, 4.69) is 5.32 Å². The zero-order valence-electron chi connectivity index (χ0n) is 9.64. The smallest absolute Gasteiger partial charge is 0.538 e. The zero-order valence-corrected chi connectivity index (χ0v) is 9.64. The molecule has 2 N–H and O–H groups in total. The topological polar surface area (TPSA) is 58.6 Å². The number of hydrogen-bond donors (Lipinski definition) is 2. The Morgan fingerprint density at radius 2 is 2.35 bits per heavy atom. The maximum atomic E-state index is 11.9. The van der Waals surface area contributed by atoms with Crippen LogP contribution in [0.2, 0.25) is 0 Å². The van der Waals surface area contributed by atoms with Crippen LogP contribution >= 0.6 is 0 Å². The first-order chi connectivity index (χ1) is 8.24. The molecule has 0 fully saturated rings. The van der Waals surface area contributed by atoms with Crippen molar-refractivity contribution in [2.75, 3.05) is 6.54 Å². The summed E-state index contributed by atoms with van der Waals surface area (Å²) >= 11 is 0. The van der Waals surface area contributed by atoms with Crippen molar-refractivity contribution in [3.8, 4) is 0 Å². The molecule has 88 valence electrons. The van der Waals surface area contributed by atoms with Crippen LogP contribution in [-0.4, -0.2) is 24.6 Å². The first-order valence-electron chi connectivity index (χ1n) is 5.65. The van der Waals surface area contributed by atoms with Gasteiger partial charge in [0.1, 0.15) is 0 Å². The lowest BCUT2D eigenvalue weighted by atomic mass is 9.72. The summed E-state index contributed by atoms with van der Waals surface area (Å²) < 4.78 is 4.99. The van der Waals surface area contributed by atoms with Gasteiger partial charge in [-0.3, -0.25) is 4.79 Å². The van der Waals surface area contributed by atoms with Gasteiger partial charge in [0.15, 0.2) is 0 Å². The van der Waals surface area contributed by atoms with E-state index >= 15 is 0 Å². The number of rotatable bonds is 3. The highest BCUT2D eigenvalue weighted by Crippen LogP contribution is 2.11. The molecule has 4 nitrogen and oxygen atoms in total. The molecule has 0 atom stereocenters. The van der Waals surface area contributed by atoms with Crippen LogP contribution in [0, 0.1) is 0 Å². The van der Waals surface area contributed by atoms with Crippen LogP contribution in [0.25, 0.3) is 6.08 Å². The van der Waals surface area contributed by atoms with E-state index in [0.717, 1.165) is 12.0 Å². The lowest BCUT2D eigenvalue weighted by Crippen LogP contribution is -2.42. The normalized spacial score (nSPS) is 12.9. The number of nitrogens with one attached hydrogen (secondary N) is 1. The summed E-state index contributed by atoms with van der Waals surface area (Å²) in [7, 11) is -1.07. The summed E-state index contributed by atoms with van der Waals surface area (Å²) in [6.45, 7) is 2.61. The van der Waals surface area contributed by atoms with E-state index in [1.54, 1.807) is 18.2 Å². The minimum atomic E-state index is -1.07. The van der Waals surface area contributed by atoms with E-state index in [4.69, 9.17) is 4.65 Å². The Kier molecular flexibility index (Phi) is 3.49. The van der Waals surface area contributed by atoms with Gasteiger partial charge < -0.3 is 15.0 Å². The molecule has 1 heterocycles. The molecular weight excluding hydrogens is 217 g/mol. The third kappa shape index (κ3) is 2.34. The second kappa shape index (κ2) is 5.06. The van der Waals surface area contributed by atoms with Crippen molar-refractivity contribution in [2.24, 2.45) is 0 Å². The van der Waals surface area contributed by atoms with E-state index in [9.17, 15) is 9.82 Å². The molecule has 0 aromatic heterocycles. The largest absolute Gasteiger partial charge is 0.561 e. The van der Waals surface area contributed by atoms with Crippen molar-refractivity contribution in [1.82, 2.24) is 5.32 Å². The van der Waals surface area contributed by atoms with Crippen molar-refractivity contribution in [1.29, 1.82) is 0 Å². The summed E-state index contributed by atoms with van der Waals surface area (Å²) in [5.74, 6) is -0.179. The summed E-state index contributed by atoms with van der Waals surface area (Å²) in [5, 5.41) is 12.6. The van der Waals surface area contributed by atoms with E-state index in [-0.39, 0.29) is 5.91 Å². The Hall–Kier alpha value is -1.75. The predicted molar refractivity (Wildman–Crippen MR) is 66.8 cm³/mol.